The van der Waals surface area contributed by atoms with Gasteiger partial charge >= 0.3 is 0 Å². The predicted molar refractivity (Wildman–Crippen MR) is 67.2 cm³/mol. The Hall–Kier alpha value is -1.39. The van der Waals surface area contributed by atoms with Gasteiger partial charge in [-0.1, -0.05) is 35.9 Å². The topological polar surface area (TPSA) is 58.0 Å². The molecule has 2 aromatic rings. The molecule has 1 heterocycles. The van der Waals surface area contributed by atoms with E-state index in [4.69, 9.17) is 11.6 Å². The van der Waals surface area contributed by atoms with Crippen LogP contribution >= 0.6 is 11.6 Å². The summed E-state index contributed by atoms with van der Waals surface area (Å²) in [6.45, 7) is 0. The number of halogens is 1. The van der Waals surface area contributed by atoms with Crippen molar-refractivity contribution in [3.63, 3.8) is 0 Å². The fraction of sp³-hybridized carbons (Fsp3) is 0.333. The SMILES string of the molecule is OC1CC(Nc2nnc(Cl)c3ccccc23)C1. The van der Waals surface area contributed by atoms with Gasteiger partial charge in [0.15, 0.2) is 11.0 Å². The molecule has 88 valence electrons. The minimum Gasteiger partial charge on any atom is -0.393 e. The molecule has 0 unspecified atom stereocenters. The van der Waals surface area contributed by atoms with E-state index in [1.807, 2.05) is 24.3 Å². The number of rotatable bonds is 2. The molecular weight excluding hydrogens is 238 g/mol. The number of fused-ring (bicyclic) bond motifs is 1. The van der Waals surface area contributed by atoms with Gasteiger partial charge in [-0.2, -0.15) is 0 Å². The lowest BCUT2D eigenvalue weighted by Crippen LogP contribution is -2.39. The third-order valence-electron chi connectivity index (χ3n) is 3.10. The first-order chi connectivity index (χ1) is 8.24. The number of benzene rings is 1. The van der Waals surface area contributed by atoms with Crippen molar-refractivity contribution < 1.29 is 5.11 Å². The molecule has 0 atom stereocenters. The number of aliphatic hydroxyl groups excluding tert-OH is 1. The molecular formula is C12H12ClN3O. The highest BCUT2D eigenvalue weighted by molar-refractivity contribution is 6.34. The molecule has 4 nitrogen and oxygen atoms in total. The first-order valence-corrected chi connectivity index (χ1v) is 5.97. The molecule has 0 saturated heterocycles. The van der Waals surface area contributed by atoms with Gasteiger partial charge in [-0.05, 0) is 12.8 Å². The maximum absolute atomic E-state index is 9.26. The lowest BCUT2D eigenvalue weighted by molar-refractivity contribution is 0.0835. The van der Waals surface area contributed by atoms with Gasteiger partial charge in [0.1, 0.15) is 0 Å². The number of nitrogens with zero attached hydrogens (tertiary/aromatic N) is 2. The van der Waals surface area contributed by atoms with Gasteiger partial charge in [-0.3, -0.25) is 0 Å². The molecule has 2 N–H and O–H groups in total. The largest absolute Gasteiger partial charge is 0.393 e. The van der Waals surface area contributed by atoms with E-state index in [0.29, 0.717) is 5.15 Å². The van der Waals surface area contributed by atoms with Crippen molar-refractivity contribution in [2.45, 2.75) is 25.0 Å². The fourth-order valence-electron chi connectivity index (χ4n) is 2.08. The highest BCUT2D eigenvalue weighted by Crippen LogP contribution is 2.29. The summed E-state index contributed by atoms with van der Waals surface area (Å²) in [5, 5.41) is 22.8. The van der Waals surface area contributed by atoms with Crippen LogP contribution in [0.25, 0.3) is 10.8 Å². The van der Waals surface area contributed by atoms with E-state index < -0.39 is 0 Å². The molecule has 0 aliphatic heterocycles. The Morgan fingerprint density at radius 3 is 2.59 bits per heavy atom. The number of nitrogens with one attached hydrogen (secondary N) is 1. The molecule has 1 aromatic heterocycles. The summed E-state index contributed by atoms with van der Waals surface area (Å²) >= 11 is 6.00. The Balaban J connectivity index is 1.96. The van der Waals surface area contributed by atoms with Crippen LogP contribution in [0.15, 0.2) is 24.3 Å². The molecule has 17 heavy (non-hydrogen) atoms. The molecule has 0 spiro atoms. The van der Waals surface area contributed by atoms with Crippen molar-refractivity contribution in [1.82, 2.24) is 10.2 Å². The van der Waals surface area contributed by atoms with Crippen molar-refractivity contribution in [1.29, 1.82) is 0 Å². The van der Waals surface area contributed by atoms with Gasteiger partial charge in [0.2, 0.25) is 0 Å². The van der Waals surface area contributed by atoms with Crippen LogP contribution in [0.3, 0.4) is 0 Å². The van der Waals surface area contributed by atoms with Crippen LogP contribution in [0.1, 0.15) is 12.8 Å². The van der Waals surface area contributed by atoms with Crippen molar-refractivity contribution in [2.24, 2.45) is 0 Å². The monoisotopic (exact) mass is 249 g/mol. The zero-order valence-electron chi connectivity index (χ0n) is 9.10. The first kappa shape index (κ1) is 10.7. The van der Waals surface area contributed by atoms with Gasteiger partial charge in [0.05, 0.1) is 6.10 Å². The van der Waals surface area contributed by atoms with Crippen LogP contribution in [0, 0.1) is 0 Å². The Morgan fingerprint density at radius 2 is 1.88 bits per heavy atom. The molecule has 1 saturated carbocycles. The third-order valence-corrected chi connectivity index (χ3v) is 3.38. The zero-order valence-corrected chi connectivity index (χ0v) is 9.85. The maximum atomic E-state index is 9.26. The second kappa shape index (κ2) is 4.13. The number of aromatic nitrogens is 2. The second-order valence-corrected chi connectivity index (χ2v) is 4.71. The van der Waals surface area contributed by atoms with Gasteiger partial charge in [-0.25, -0.2) is 0 Å². The van der Waals surface area contributed by atoms with Crippen LogP contribution in [0.5, 0.6) is 0 Å². The minimum absolute atomic E-state index is 0.181. The van der Waals surface area contributed by atoms with Crippen LogP contribution < -0.4 is 5.32 Å². The van der Waals surface area contributed by atoms with E-state index >= 15 is 0 Å². The summed E-state index contributed by atoms with van der Waals surface area (Å²) in [7, 11) is 0. The molecule has 1 fully saturated rings. The van der Waals surface area contributed by atoms with E-state index in [1.165, 1.54) is 0 Å². The van der Waals surface area contributed by atoms with Gasteiger partial charge in [0, 0.05) is 16.8 Å². The van der Waals surface area contributed by atoms with E-state index in [2.05, 4.69) is 15.5 Å². The van der Waals surface area contributed by atoms with E-state index in [0.717, 1.165) is 29.4 Å². The van der Waals surface area contributed by atoms with Gasteiger partial charge in [0.25, 0.3) is 0 Å². The minimum atomic E-state index is -0.181. The quantitative estimate of drug-likeness (QED) is 0.857. The molecule has 0 amide bonds. The molecule has 5 heteroatoms. The standard InChI is InChI=1S/C12H12ClN3O/c13-11-9-3-1-2-4-10(9)12(16-15-11)14-7-5-8(17)6-7/h1-4,7-8,17H,5-6H2,(H,14,16). The molecule has 0 radical (unpaired) electrons. The summed E-state index contributed by atoms with van der Waals surface area (Å²) in [5.74, 6) is 0.738. The highest BCUT2D eigenvalue weighted by Gasteiger charge is 2.27. The Labute approximate surface area is 104 Å². The lowest BCUT2D eigenvalue weighted by Gasteiger charge is -2.32. The van der Waals surface area contributed by atoms with Crippen molar-refractivity contribution >= 4 is 28.2 Å². The van der Waals surface area contributed by atoms with Crippen LogP contribution in [0.4, 0.5) is 5.82 Å². The number of anilines is 1. The number of aliphatic hydroxyl groups is 1. The maximum Gasteiger partial charge on any atom is 0.159 e. The zero-order chi connectivity index (χ0) is 11.8. The average molecular weight is 250 g/mol. The molecule has 1 aliphatic carbocycles. The fourth-order valence-corrected chi connectivity index (χ4v) is 2.28. The summed E-state index contributed by atoms with van der Waals surface area (Å²) in [5.41, 5.74) is 0. The average Bonchev–Trinajstić information content (AvgIpc) is 2.31. The Bertz CT molecular complexity index is 554. The third kappa shape index (κ3) is 1.94. The normalized spacial score (nSPS) is 23.4. The molecule has 3 rings (SSSR count). The van der Waals surface area contributed by atoms with Crippen molar-refractivity contribution in [2.75, 3.05) is 5.32 Å². The van der Waals surface area contributed by atoms with E-state index in [9.17, 15) is 5.11 Å². The Morgan fingerprint density at radius 1 is 1.18 bits per heavy atom. The van der Waals surface area contributed by atoms with Crippen molar-refractivity contribution in [3.8, 4) is 0 Å². The smallest absolute Gasteiger partial charge is 0.159 e. The van der Waals surface area contributed by atoms with E-state index in [-0.39, 0.29) is 12.1 Å². The molecule has 0 bridgehead atoms. The lowest BCUT2D eigenvalue weighted by atomic mass is 9.89. The summed E-state index contributed by atoms with van der Waals surface area (Å²) in [4.78, 5) is 0. The molecule has 1 aromatic carbocycles. The summed E-state index contributed by atoms with van der Waals surface area (Å²) in [6.07, 6.45) is 1.34. The summed E-state index contributed by atoms with van der Waals surface area (Å²) in [6, 6.07) is 8.04. The van der Waals surface area contributed by atoms with Crippen LogP contribution in [-0.2, 0) is 0 Å². The first-order valence-electron chi connectivity index (χ1n) is 5.59. The summed E-state index contributed by atoms with van der Waals surface area (Å²) < 4.78 is 0. The van der Waals surface area contributed by atoms with Gasteiger partial charge < -0.3 is 10.4 Å². The number of hydrogen-bond donors (Lipinski definition) is 2. The molecule has 1 aliphatic rings. The van der Waals surface area contributed by atoms with Crippen molar-refractivity contribution in [3.05, 3.63) is 29.4 Å². The van der Waals surface area contributed by atoms with Gasteiger partial charge in [-0.15, -0.1) is 10.2 Å². The van der Waals surface area contributed by atoms with Crippen LogP contribution in [0.2, 0.25) is 5.15 Å². The highest BCUT2D eigenvalue weighted by atomic mass is 35.5. The Kier molecular flexibility index (Phi) is 2.61. The number of hydrogen-bond acceptors (Lipinski definition) is 4. The predicted octanol–water partition coefficient (Wildman–Crippen LogP) is 2.22. The van der Waals surface area contributed by atoms with E-state index in [1.54, 1.807) is 0 Å². The van der Waals surface area contributed by atoms with Crippen LogP contribution in [-0.4, -0.2) is 27.4 Å². The second-order valence-electron chi connectivity index (χ2n) is 4.35.